The Kier molecular flexibility index (Phi) is 5.26. The van der Waals surface area contributed by atoms with Gasteiger partial charge in [0.25, 0.3) is 0 Å². The molecule has 0 aromatic heterocycles. The second-order valence-corrected chi connectivity index (χ2v) is 7.73. The van der Waals surface area contributed by atoms with E-state index in [9.17, 15) is 0 Å². The topological polar surface area (TPSA) is 21.3 Å². The molecule has 0 aliphatic carbocycles. The highest BCUT2D eigenvalue weighted by molar-refractivity contribution is 5.39. The van der Waals surface area contributed by atoms with Crippen molar-refractivity contribution in [2.45, 2.75) is 66.5 Å². The molecule has 1 unspecified atom stereocenters. The predicted molar refractivity (Wildman–Crippen MR) is 87.4 cm³/mol. The molecule has 0 saturated carbocycles. The third-order valence-electron chi connectivity index (χ3n) is 3.44. The molecule has 0 heterocycles. The summed E-state index contributed by atoms with van der Waals surface area (Å²) in [6.07, 6.45) is 1.12. The first-order valence-corrected chi connectivity index (χ1v) is 7.46. The van der Waals surface area contributed by atoms with E-state index in [1.165, 1.54) is 11.1 Å². The Labute approximate surface area is 124 Å². The molecule has 1 atom stereocenters. The standard InChI is InChI=1S/C18H31NO/c1-13-9-10-15(16(11-13)20-8)14(2)19-18(6,7)12-17(3,4)5/h9-11,14,19H,12H2,1-8H3. The number of nitrogens with one attached hydrogen (secondary N) is 1. The predicted octanol–water partition coefficient (Wildman–Crippen LogP) is 4.87. The van der Waals surface area contributed by atoms with E-state index in [1.54, 1.807) is 7.11 Å². The average molecular weight is 277 g/mol. The SMILES string of the molecule is COc1cc(C)ccc1C(C)NC(C)(C)CC(C)(C)C. The molecule has 1 N–H and O–H groups in total. The summed E-state index contributed by atoms with van der Waals surface area (Å²) in [7, 11) is 1.74. The number of aryl methyl sites for hydroxylation is 1. The van der Waals surface area contributed by atoms with Gasteiger partial charge in [0.2, 0.25) is 0 Å². The number of hydrogen-bond acceptors (Lipinski definition) is 2. The summed E-state index contributed by atoms with van der Waals surface area (Å²) in [6, 6.07) is 6.68. The van der Waals surface area contributed by atoms with Crippen LogP contribution >= 0.6 is 0 Å². The van der Waals surface area contributed by atoms with Gasteiger partial charge >= 0.3 is 0 Å². The first-order valence-electron chi connectivity index (χ1n) is 7.46. The minimum Gasteiger partial charge on any atom is -0.496 e. The molecule has 1 aromatic carbocycles. The molecule has 2 heteroatoms. The van der Waals surface area contributed by atoms with Gasteiger partial charge in [0.1, 0.15) is 5.75 Å². The first kappa shape index (κ1) is 17.0. The van der Waals surface area contributed by atoms with Crippen LogP contribution in [-0.2, 0) is 0 Å². The van der Waals surface area contributed by atoms with Crippen LogP contribution in [0.15, 0.2) is 18.2 Å². The van der Waals surface area contributed by atoms with E-state index in [0.717, 1.165) is 12.2 Å². The maximum Gasteiger partial charge on any atom is 0.123 e. The molecule has 0 fully saturated rings. The van der Waals surface area contributed by atoms with Gasteiger partial charge in [-0.25, -0.2) is 0 Å². The van der Waals surface area contributed by atoms with Crippen LogP contribution in [0.25, 0.3) is 0 Å². The minimum absolute atomic E-state index is 0.0908. The molecule has 0 radical (unpaired) electrons. The van der Waals surface area contributed by atoms with E-state index in [2.05, 4.69) is 72.0 Å². The number of hydrogen-bond donors (Lipinski definition) is 1. The van der Waals surface area contributed by atoms with Gasteiger partial charge in [-0.15, -0.1) is 0 Å². The molecular formula is C18H31NO. The van der Waals surface area contributed by atoms with Gasteiger partial charge in [-0.05, 0) is 51.2 Å². The highest BCUT2D eigenvalue weighted by atomic mass is 16.5. The zero-order valence-electron chi connectivity index (χ0n) is 14.4. The maximum absolute atomic E-state index is 5.52. The lowest BCUT2D eigenvalue weighted by molar-refractivity contribution is 0.225. The Balaban J connectivity index is 2.88. The van der Waals surface area contributed by atoms with Gasteiger partial charge in [-0.3, -0.25) is 0 Å². The Bertz CT molecular complexity index is 443. The van der Waals surface area contributed by atoms with Crippen molar-refractivity contribution in [3.05, 3.63) is 29.3 Å². The lowest BCUT2D eigenvalue weighted by atomic mass is 9.81. The zero-order chi connectivity index (χ0) is 15.6. The van der Waals surface area contributed by atoms with Crippen molar-refractivity contribution in [3.8, 4) is 5.75 Å². The first-order chi connectivity index (χ1) is 9.04. The number of methoxy groups -OCH3 is 1. The van der Waals surface area contributed by atoms with Crippen LogP contribution in [0.1, 0.15) is 65.1 Å². The zero-order valence-corrected chi connectivity index (χ0v) is 14.4. The number of benzene rings is 1. The molecule has 114 valence electrons. The van der Waals surface area contributed by atoms with E-state index in [0.29, 0.717) is 5.41 Å². The fourth-order valence-electron chi connectivity index (χ4n) is 3.22. The molecule has 0 aliphatic rings. The van der Waals surface area contributed by atoms with E-state index < -0.39 is 0 Å². The molecule has 1 aromatic rings. The Morgan fingerprint density at radius 2 is 1.75 bits per heavy atom. The lowest BCUT2D eigenvalue weighted by Gasteiger charge is -2.36. The van der Waals surface area contributed by atoms with Crippen LogP contribution in [-0.4, -0.2) is 12.6 Å². The summed E-state index contributed by atoms with van der Waals surface area (Å²) in [5.74, 6) is 0.969. The van der Waals surface area contributed by atoms with E-state index in [4.69, 9.17) is 4.74 Å². The van der Waals surface area contributed by atoms with Crippen LogP contribution in [0, 0.1) is 12.3 Å². The number of ether oxygens (including phenoxy) is 1. The third-order valence-corrected chi connectivity index (χ3v) is 3.44. The van der Waals surface area contributed by atoms with Gasteiger partial charge in [-0.1, -0.05) is 32.9 Å². The number of rotatable bonds is 5. The molecule has 0 saturated heterocycles. The molecule has 0 spiro atoms. The summed E-state index contributed by atoms with van der Waals surface area (Å²) in [5.41, 5.74) is 2.85. The quantitative estimate of drug-likeness (QED) is 0.829. The van der Waals surface area contributed by atoms with E-state index >= 15 is 0 Å². The van der Waals surface area contributed by atoms with E-state index in [-0.39, 0.29) is 11.6 Å². The Morgan fingerprint density at radius 3 is 2.25 bits per heavy atom. The van der Waals surface area contributed by atoms with Crippen molar-refractivity contribution in [3.63, 3.8) is 0 Å². The Morgan fingerprint density at radius 1 is 1.15 bits per heavy atom. The maximum atomic E-state index is 5.52. The van der Waals surface area contributed by atoms with Crippen molar-refractivity contribution in [2.24, 2.45) is 5.41 Å². The van der Waals surface area contributed by atoms with Crippen molar-refractivity contribution >= 4 is 0 Å². The van der Waals surface area contributed by atoms with Gasteiger partial charge in [0, 0.05) is 17.1 Å². The van der Waals surface area contributed by atoms with Gasteiger partial charge < -0.3 is 10.1 Å². The second kappa shape index (κ2) is 6.17. The Hall–Kier alpha value is -1.02. The molecule has 2 nitrogen and oxygen atoms in total. The summed E-state index contributed by atoms with van der Waals surface area (Å²) < 4.78 is 5.52. The van der Waals surface area contributed by atoms with E-state index in [1.807, 2.05) is 0 Å². The highest BCUT2D eigenvalue weighted by Crippen LogP contribution is 2.31. The fraction of sp³-hybridized carbons (Fsp3) is 0.667. The van der Waals surface area contributed by atoms with Crippen LogP contribution in [0.3, 0.4) is 0 Å². The molecule has 20 heavy (non-hydrogen) atoms. The molecule has 0 bridgehead atoms. The van der Waals surface area contributed by atoms with Crippen molar-refractivity contribution in [1.82, 2.24) is 5.32 Å². The monoisotopic (exact) mass is 277 g/mol. The molecule has 0 amide bonds. The van der Waals surface area contributed by atoms with Crippen LogP contribution in [0.5, 0.6) is 5.75 Å². The van der Waals surface area contributed by atoms with Gasteiger partial charge in [-0.2, -0.15) is 0 Å². The minimum atomic E-state index is 0.0908. The smallest absolute Gasteiger partial charge is 0.123 e. The largest absolute Gasteiger partial charge is 0.496 e. The van der Waals surface area contributed by atoms with Crippen LogP contribution < -0.4 is 10.1 Å². The average Bonchev–Trinajstić information content (AvgIpc) is 2.24. The summed E-state index contributed by atoms with van der Waals surface area (Å²) >= 11 is 0. The molecular weight excluding hydrogens is 246 g/mol. The summed E-state index contributed by atoms with van der Waals surface area (Å²) in [6.45, 7) is 15.7. The van der Waals surface area contributed by atoms with Crippen LogP contribution in [0.4, 0.5) is 0 Å². The fourth-order valence-corrected chi connectivity index (χ4v) is 3.22. The van der Waals surface area contributed by atoms with Gasteiger partial charge in [0.05, 0.1) is 7.11 Å². The normalized spacial score (nSPS) is 14.2. The van der Waals surface area contributed by atoms with Crippen molar-refractivity contribution in [1.29, 1.82) is 0 Å². The second-order valence-electron chi connectivity index (χ2n) is 7.73. The summed E-state index contributed by atoms with van der Waals surface area (Å²) in [4.78, 5) is 0. The summed E-state index contributed by atoms with van der Waals surface area (Å²) in [5, 5.41) is 3.74. The van der Waals surface area contributed by atoms with Gasteiger partial charge in [0.15, 0.2) is 0 Å². The lowest BCUT2D eigenvalue weighted by Crippen LogP contribution is -2.43. The highest BCUT2D eigenvalue weighted by Gasteiger charge is 2.27. The van der Waals surface area contributed by atoms with Crippen LogP contribution in [0.2, 0.25) is 0 Å². The third kappa shape index (κ3) is 5.16. The molecule has 0 aliphatic heterocycles. The van der Waals surface area contributed by atoms with Crippen molar-refractivity contribution < 1.29 is 4.74 Å². The molecule has 1 rings (SSSR count). The van der Waals surface area contributed by atoms with Crippen molar-refractivity contribution in [2.75, 3.05) is 7.11 Å².